The molecule has 0 radical (unpaired) electrons. The smallest absolute Gasteiger partial charge is 0.349 e. The number of benzene rings is 2. The van der Waals surface area contributed by atoms with Gasteiger partial charge in [-0.05, 0) is 58.1 Å². The van der Waals surface area contributed by atoms with Gasteiger partial charge in [-0.15, -0.1) is 0 Å². The number of carbonyl (C=O) groups excluding carboxylic acids is 4. The summed E-state index contributed by atoms with van der Waals surface area (Å²) in [6.07, 6.45) is 0. The van der Waals surface area contributed by atoms with Crippen LogP contribution in [0.2, 0.25) is 0 Å². The SMILES string of the molecule is CC(=C1C(=O)OC(C)(C)OC1=O)c1ccc(C(C)(C)C)cc1.CC(=C1C(=O)OC(C)(C)OC1=O)c1ccc(C(C)(C)C)cc1. The Bertz CT molecular complexity index is 1360. The number of esters is 4. The van der Waals surface area contributed by atoms with E-state index in [0.29, 0.717) is 11.1 Å². The van der Waals surface area contributed by atoms with E-state index in [4.69, 9.17) is 18.9 Å². The minimum absolute atomic E-state index is 0.0390. The summed E-state index contributed by atoms with van der Waals surface area (Å²) >= 11 is 0. The third-order valence-electron chi connectivity index (χ3n) is 7.29. The molecule has 0 spiro atoms. The topological polar surface area (TPSA) is 105 Å². The van der Waals surface area contributed by atoms with Crippen molar-refractivity contribution in [3.63, 3.8) is 0 Å². The molecule has 2 aromatic rings. The highest BCUT2D eigenvalue weighted by Crippen LogP contribution is 2.31. The van der Waals surface area contributed by atoms with E-state index >= 15 is 0 Å². The van der Waals surface area contributed by atoms with Crippen LogP contribution in [0.25, 0.3) is 11.1 Å². The largest absolute Gasteiger partial charge is 0.419 e. The quantitative estimate of drug-likeness (QED) is 0.202. The molecule has 0 bridgehead atoms. The van der Waals surface area contributed by atoms with Gasteiger partial charge in [0.25, 0.3) is 11.6 Å². The van der Waals surface area contributed by atoms with Gasteiger partial charge in [0, 0.05) is 27.7 Å². The highest BCUT2D eigenvalue weighted by molar-refractivity contribution is 6.21. The van der Waals surface area contributed by atoms with Crippen LogP contribution >= 0.6 is 0 Å². The fourth-order valence-electron chi connectivity index (χ4n) is 4.65. The summed E-state index contributed by atoms with van der Waals surface area (Å²) in [7, 11) is 0. The van der Waals surface area contributed by atoms with Crippen molar-refractivity contribution in [2.45, 2.75) is 105 Å². The molecule has 44 heavy (non-hydrogen) atoms. The van der Waals surface area contributed by atoms with Crippen LogP contribution in [0.3, 0.4) is 0 Å². The molecule has 0 N–H and O–H groups in total. The molecule has 2 aromatic carbocycles. The highest BCUT2D eigenvalue weighted by atomic mass is 16.7. The Labute approximate surface area is 260 Å². The lowest BCUT2D eigenvalue weighted by Crippen LogP contribution is -2.42. The minimum Gasteiger partial charge on any atom is -0.419 e. The highest BCUT2D eigenvalue weighted by Gasteiger charge is 2.41. The van der Waals surface area contributed by atoms with Gasteiger partial charge in [-0.2, -0.15) is 0 Å². The van der Waals surface area contributed by atoms with Crippen LogP contribution < -0.4 is 0 Å². The van der Waals surface area contributed by atoms with Crippen molar-refractivity contribution in [1.82, 2.24) is 0 Å². The zero-order valence-corrected chi connectivity index (χ0v) is 27.9. The van der Waals surface area contributed by atoms with Crippen LogP contribution in [0.15, 0.2) is 59.7 Å². The van der Waals surface area contributed by atoms with Crippen molar-refractivity contribution in [2.75, 3.05) is 0 Å². The van der Waals surface area contributed by atoms with E-state index in [0.717, 1.165) is 11.1 Å². The predicted octanol–water partition coefficient (Wildman–Crippen LogP) is 7.19. The Balaban J connectivity index is 0.000000240. The lowest BCUT2D eigenvalue weighted by atomic mass is 9.86. The number of carbonyl (C=O) groups is 4. The molecule has 2 aliphatic rings. The summed E-state index contributed by atoms with van der Waals surface area (Å²) in [5.41, 5.74) is 5.11. The van der Waals surface area contributed by atoms with Crippen molar-refractivity contribution in [3.05, 3.63) is 81.9 Å². The second-order valence-electron chi connectivity index (χ2n) is 14.0. The Morgan fingerprint density at radius 2 is 0.705 bits per heavy atom. The number of rotatable bonds is 2. The molecule has 0 aromatic heterocycles. The second-order valence-corrected chi connectivity index (χ2v) is 14.0. The number of cyclic esters (lactones) is 4. The van der Waals surface area contributed by atoms with Crippen molar-refractivity contribution in [2.24, 2.45) is 0 Å². The van der Waals surface area contributed by atoms with Crippen LogP contribution in [-0.2, 0) is 49.0 Å². The molecule has 0 atom stereocenters. The van der Waals surface area contributed by atoms with E-state index in [9.17, 15) is 19.2 Å². The van der Waals surface area contributed by atoms with Crippen molar-refractivity contribution < 1.29 is 38.1 Å². The fraction of sp³-hybridized carbons (Fsp3) is 0.444. The summed E-state index contributed by atoms with van der Waals surface area (Å²) in [6.45, 7) is 22.4. The molecule has 2 fully saturated rings. The van der Waals surface area contributed by atoms with Crippen LogP contribution in [-0.4, -0.2) is 35.5 Å². The molecular weight excluding hydrogens is 560 g/mol. The average molecular weight is 605 g/mol. The van der Waals surface area contributed by atoms with E-state index in [1.54, 1.807) is 13.8 Å². The summed E-state index contributed by atoms with van der Waals surface area (Å²) < 4.78 is 20.5. The predicted molar refractivity (Wildman–Crippen MR) is 168 cm³/mol. The van der Waals surface area contributed by atoms with Crippen LogP contribution in [0.5, 0.6) is 0 Å². The van der Waals surface area contributed by atoms with Crippen LogP contribution in [0, 0.1) is 0 Å². The Kier molecular flexibility index (Phi) is 9.40. The fourth-order valence-corrected chi connectivity index (χ4v) is 4.65. The summed E-state index contributed by atoms with van der Waals surface area (Å²) in [5, 5.41) is 0. The lowest BCUT2D eigenvalue weighted by Gasteiger charge is -2.30. The molecule has 2 saturated heterocycles. The second kappa shape index (κ2) is 12.1. The molecule has 0 unspecified atom stereocenters. The van der Waals surface area contributed by atoms with Gasteiger partial charge in [-0.3, -0.25) is 0 Å². The van der Waals surface area contributed by atoms with E-state index in [-0.39, 0.29) is 22.0 Å². The maximum atomic E-state index is 12.1. The Morgan fingerprint density at radius 3 is 0.909 bits per heavy atom. The lowest BCUT2D eigenvalue weighted by molar-refractivity contribution is -0.224. The molecule has 0 aliphatic carbocycles. The van der Waals surface area contributed by atoms with E-state index in [1.165, 1.54) is 38.8 Å². The number of hydrogen-bond donors (Lipinski definition) is 0. The first kappa shape index (κ1) is 34.3. The van der Waals surface area contributed by atoms with E-state index < -0.39 is 35.5 Å². The van der Waals surface area contributed by atoms with Crippen molar-refractivity contribution in [1.29, 1.82) is 0 Å². The van der Waals surface area contributed by atoms with E-state index in [2.05, 4.69) is 41.5 Å². The summed E-state index contributed by atoms with van der Waals surface area (Å²) in [4.78, 5) is 48.3. The number of ether oxygens (including phenoxy) is 4. The van der Waals surface area contributed by atoms with Gasteiger partial charge in [-0.25, -0.2) is 19.2 Å². The maximum Gasteiger partial charge on any atom is 0.349 e. The molecule has 236 valence electrons. The van der Waals surface area contributed by atoms with Gasteiger partial charge in [0.05, 0.1) is 0 Å². The molecule has 0 amide bonds. The van der Waals surface area contributed by atoms with Gasteiger partial charge in [0.15, 0.2) is 0 Å². The first-order chi connectivity index (χ1) is 20.0. The van der Waals surface area contributed by atoms with E-state index in [1.807, 2.05) is 48.5 Å². The number of hydrogen-bond acceptors (Lipinski definition) is 8. The molecule has 2 aliphatic heterocycles. The van der Waals surface area contributed by atoms with Gasteiger partial charge >= 0.3 is 23.9 Å². The standard InChI is InChI=1S/2C18H22O4/c2*1-11(12-7-9-13(10-8-12)17(2,3)4)14-15(19)21-18(5,6)22-16(14)20/h2*7-10H,1-6H3. The Morgan fingerprint density at radius 1 is 0.477 bits per heavy atom. The zero-order chi connectivity index (χ0) is 33.4. The van der Waals surface area contributed by atoms with Crippen molar-refractivity contribution >= 4 is 35.0 Å². The van der Waals surface area contributed by atoms with Gasteiger partial charge in [0.2, 0.25) is 0 Å². The maximum absolute atomic E-state index is 12.1. The molecule has 2 heterocycles. The molecule has 8 nitrogen and oxygen atoms in total. The normalized spacial score (nSPS) is 17.8. The monoisotopic (exact) mass is 604 g/mol. The first-order valence-electron chi connectivity index (χ1n) is 14.6. The van der Waals surface area contributed by atoms with Crippen LogP contribution in [0.1, 0.15) is 105 Å². The number of allylic oxidation sites excluding steroid dienone is 2. The molecular formula is C36H44O8. The zero-order valence-electron chi connectivity index (χ0n) is 27.9. The van der Waals surface area contributed by atoms with Crippen molar-refractivity contribution in [3.8, 4) is 0 Å². The average Bonchev–Trinajstić information content (AvgIpc) is 2.85. The third-order valence-corrected chi connectivity index (χ3v) is 7.29. The molecule has 4 rings (SSSR count). The molecule has 8 heteroatoms. The first-order valence-corrected chi connectivity index (χ1v) is 14.6. The summed E-state index contributed by atoms with van der Waals surface area (Å²) in [5.74, 6) is -4.99. The Hall–Kier alpha value is -4.20. The van der Waals surface area contributed by atoms with Gasteiger partial charge in [-0.1, -0.05) is 90.1 Å². The van der Waals surface area contributed by atoms with Gasteiger partial charge < -0.3 is 18.9 Å². The van der Waals surface area contributed by atoms with Crippen LogP contribution in [0.4, 0.5) is 0 Å². The molecule has 0 saturated carbocycles. The van der Waals surface area contributed by atoms with Gasteiger partial charge in [0.1, 0.15) is 11.1 Å². The summed E-state index contributed by atoms with van der Waals surface area (Å²) in [6, 6.07) is 15.6. The third kappa shape index (κ3) is 8.04. The minimum atomic E-state index is -1.21.